The van der Waals surface area contributed by atoms with E-state index >= 15 is 0 Å². The van der Waals surface area contributed by atoms with Gasteiger partial charge in [0.25, 0.3) is 11.7 Å². The van der Waals surface area contributed by atoms with Crippen molar-refractivity contribution in [3.8, 4) is 0 Å². The van der Waals surface area contributed by atoms with Crippen LogP contribution >= 0.6 is 0 Å². The molecule has 6 rings (SSSR count). The number of hydrogen-bond acceptors (Lipinski definition) is 13. The zero-order valence-electron chi connectivity index (χ0n) is 39.5. The first-order chi connectivity index (χ1) is 30.3. The van der Waals surface area contributed by atoms with Crippen LogP contribution < -0.4 is 0 Å². The Morgan fingerprint density at radius 1 is 0.844 bits per heavy atom. The van der Waals surface area contributed by atoms with Gasteiger partial charge in [-0.15, -0.1) is 0 Å². The Balaban J connectivity index is 1.51. The fourth-order valence-electron chi connectivity index (χ4n) is 10.9. The summed E-state index contributed by atoms with van der Waals surface area (Å²) in [7, 11) is 4.52. The van der Waals surface area contributed by atoms with Gasteiger partial charge in [0, 0.05) is 64.4 Å². The number of aliphatic hydroxyl groups is 3. The van der Waals surface area contributed by atoms with Crippen molar-refractivity contribution in [2.45, 2.75) is 167 Å². The molecule has 16 atom stereocenters. The van der Waals surface area contributed by atoms with E-state index in [0.29, 0.717) is 69.8 Å². The molecule has 5 aliphatic heterocycles. The second kappa shape index (κ2) is 22.9. The summed E-state index contributed by atoms with van der Waals surface area (Å²) in [4.78, 5) is 72.0. The van der Waals surface area contributed by atoms with Crippen molar-refractivity contribution < 1.29 is 63.0 Å². The number of hydrogen-bond donors (Lipinski definition) is 3. The minimum absolute atomic E-state index is 0.0231. The Morgan fingerprint density at radius 2 is 1.58 bits per heavy atom. The highest BCUT2D eigenvalue weighted by atomic mass is 16.6. The van der Waals surface area contributed by atoms with Gasteiger partial charge in [0.1, 0.15) is 30.1 Å². The predicted molar refractivity (Wildman–Crippen MR) is 238 cm³/mol. The minimum atomic E-state index is -2.43. The highest BCUT2D eigenvalue weighted by Crippen LogP contribution is 2.45. The van der Waals surface area contributed by atoms with Crippen LogP contribution in [0, 0.1) is 41.4 Å². The summed E-state index contributed by atoms with van der Waals surface area (Å²) in [5.41, 5.74) is 1.28. The van der Waals surface area contributed by atoms with Crippen LogP contribution in [0.15, 0.2) is 47.6 Å². The van der Waals surface area contributed by atoms with Crippen molar-refractivity contribution in [1.82, 2.24) is 4.90 Å². The smallest absolute Gasteiger partial charge is 0.329 e. The van der Waals surface area contributed by atoms with Gasteiger partial charge in [-0.05, 0) is 101 Å². The molecule has 6 bridgehead atoms. The quantitative estimate of drug-likeness (QED) is 0.181. The standard InChI is InChI=1S/C50H75NO13/c1-28-14-11-10-12-15-29(2)40(60-7)26-35-19-17-33(6)50(59,64-35)47(56)48(57)51-21-13-16-36-37(24-34-18-20-38(52)42(25-34)61-8)41(63-49(58)43(36)51)27-39(53)30(3)23-32(5)45(55)46(62-9)44(54)31(4)22-28/h10-12,14-15,23,28,30-31,33-38,40-43,45-46,52,55,59H,13,16-22,24-27H2,1-9H3/b12-10+,14-11+,29-15+,32-23+/t28-,30-,31-,33-,34+,35+,36?,37+,38+,40-,41+,42-,43+,45-,46-,50-/m1/s1. The van der Waals surface area contributed by atoms with E-state index in [9.17, 15) is 39.3 Å². The number of nitrogens with zero attached hydrogens (tertiary/aromatic N) is 1. The van der Waals surface area contributed by atoms with Crippen molar-refractivity contribution in [3.05, 3.63) is 47.6 Å². The molecular weight excluding hydrogens is 823 g/mol. The van der Waals surface area contributed by atoms with Crippen LogP contribution in [-0.4, -0.2) is 132 Å². The third-order valence-corrected chi connectivity index (χ3v) is 14.9. The van der Waals surface area contributed by atoms with E-state index in [1.807, 2.05) is 51.2 Å². The molecule has 0 radical (unpaired) electrons. The number of ketones is 3. The maximum absolute atomic E-state index is 14.4. The van der Waals surface area contributed by atoms with Gasteiger partial charge in [-0.25, -0.2) is 4.79 Å². The lowest BCUT2D eigenvalue weighted by Crippen LogP contribution is -2.65. The SMILES string of the molecule is CO[C@@H]1C(=O)[C@H](C)C[C@H](C)/C=C/C=C/C=C(\C)[C@H](OC)C[C@@H]2CC[C@@H](C)[C@@](O)(O2)C(=O)C(=O)N2CCCC3[C@H]2C(=O)O[C@@H](CC(=O)[C@H](C)/C=C(\C)[C@H]1O)[C@H]3C[C@@H]1CC[C@H](O)[C@H](OC)C1. The van der Waals surface area contributed by atoms with Crippen molar-refractivity contribution in [2.75, 3.05) is 27.9 Å². The predicted octanol–water partition coefficient (Wildman–Crippen LogP) is 5.40. The normalized spacial score (nSPS) is 43.2. The molecule has 0 spiro atoms. The van der Waals surface area contributed by atoms with Gasteiger partial charge in [0.15, 0.2) is 5.78 Å². The minimum Gasteiger partial charge on any atom is -0.460 e. The summed E-state index contributed by atoms with van der Waals surface area (Å²) in [6, 6.07) is -1.12. The first kappa shape index (κ1) is 51.6. The van der Waals surface area contributed by atoms with E-state index in [0.717, 1.165) is 5.57 Å². The van der Waals surface area contributed by atoms with Crippen LogP contribution in [-0.2, 0) is 47.7 Å². The van der Waals surface area contributed by atoms with Crippen LogP contribution in [0.3, 0.4) is 0 Å². The molecule has 358 valence electrons. The molecule has 1 amide bonds. The van der Waals surface area contributed by atoms with E-state index < -0.39 is 95.7 Å². The van der Waals surface area contributed by atoms with E-state index in [2.05, 4.69) is 0 Å². The Labute approximate surface area is 379 Å². The molecule has 0 aromatic rings. The number of Topliss-reactive ketones (excluding diaryl/α,β-unsaturated/α-hetero) is 3. The maximum Gasteiger partial charge on any atom is 0.329 e. The molecule has 5 heterocycles. The molecule has 1 aliphatic carbocycles. The zero-order chi connectivity index (χ0) is 47.0. The first-order valence-corrected chi connectivity index (χ1v) is 23.5. The molecule has 14 heteroatoms. The monoisotopic (exact) mass is 898 g/mol. The van der Waals surface area contributed by atoms with Crippen LogP contribution in [0.4, 0.5) is 0 Å². The number of piperidine rings is 1. The Kier molecular flexibility index (Phi) is 18.5. The summed E-state index contributed by atoms with van der Waals surface area (Å²) >= 11 is 0. The lowest BCUT2D eigenvalue weighted by atomic mass is 9.68. The van der Waals surface area contributed by atoms with E-state index in [4.69, 9.17) is 23.7 Å². The molecule has 3 saturated heterocycles. The number of rotatable bonds is 5. The van der Waals surface area contributed by atoms with Crippen LogP contribution in [0.5, 0.6) is 0 Å². The molecule has 64 heavy (non-hydrogen) atoms. The van der Waals surface area contributed by atoms with Crippen LogP contribution in [0.2, 0.25) is 0 Å². The number of esters is 1. The summed E-state index contributed by atoms with van der Waals surface area (Å²) in [6.45, 7) is 10.9. The Hall–Kier alpha value is -3.37. The van der Waals surface area contributed by atoms with E-state index in [1.54, 1.807) is 41.1 Å². The molecule has 6 aliphatic rings. The molecule has 3 N–H and O–H groups in total. The van der Waals surface area contributed by atoms with Gasteiger partial charge in [0.05, 0.1) is 24.4 Å². The summed E-state index contributed by atoms with van der Waals surface area (Å²) in [6.07, 6.45) is 10.8. The largest absolute Gasteiger partial charge is 0.460 e. The number of amides is 1. The van der Waals surface area contributed by atoms with E-state index in [1.165, 1.54) is 12.0 Å². The van der Waals surface area contributed by atoms with Gasteiger partial charge in [0.2, 0.25) is 5.79 Å². The lowest BCUT2D eigenvalue weighted by molar-refractivity contribution is -0.266. The van der Waals surface area contributed by atoms with E-state index in [-0.39, 0.29) is 42.5 Å². The molecular formula is C50H75NO13. The summed E-state index contributed by atoms with van der Waals surface area (Å²) in [5.74, 6) is -8.43. The second-order valence-electron chi connectivity index (χ2n) is 19.5. The topological polar surface area (TPSA) is 195 Å². The third-order valence-electron chi connectivity index (χ3n) is 14.9. The van der Waals surface area contributed by atoms with Gasteiger partial charge < -0.3 is 43.9 Å². The fourth-order valence-corrected chi connectivity index (χ4v) is 10.9. The van der Waals surface area contributed by atoms with Crippen LogP contribution in [0.1, 0.15) is 112 Å². The first-order valence-electron chi connectivity index (χ1n) is 23.5. The molecule has 0 aromatic carbocycles. The van der Waals surface area contributed by atoms with Crippen LogP contribution in [0.25, 0.3) is 0 Å². The molecule has 4 fully saturated rings. The number of ether oxygens (including phenoxy) is 5. The number of methoxy groups -OCH3 is 3. The summed E-state index contributed by atoms with van der Waals surface area (Å²) in [5, 5.41) is 34.1. The Morgan fingerprint density at radius 3 is 2.27 bits per heavy atom. The molecule has 1 saturated carbocycles. The highest BCUT2D eigenvalue weighted by Gasteiger charge is 2.57. The van der Waals surface area contributed by atoms with Gasteiger partial charge in [-0.3, -0.25) is 19.2 Å². The third kappa shape index (κ3) is 12.0. The number of allylic oxidation sites excluding steroid dienone is 6. The number of aliphatic hydroxyl groups excluding tert-OH is 2. The average molecular weight is 898 g/mol. The zero-order valence-corrected chi connectivity index (χ0v) is 39.5. The second-order valence-corrected chi connectivity index (χ2v) is 19.5. The average Bonchev–Trinajstić information content (AvgIpc) is 3.27. The summed E-state index contributed by atoms with van der Waals surface area (Å²) < 4.78 is 29.4. The van der Waals surface area contributed by atoms with Gasteiger partial charge >= 0.3 is 5.97 Å². The fraction of sp³-hybridized carbons (Fsp3) is 0.740. The molecule has 14 nitrogen and oxygen atoms in total. The van der Waals surface area contributed by atoms with Gasteiger partial charge in [-0.1, -0.05) is 64.2 Å². The highest BCUT2D eigenvalue weighted by molar-refractivity contribution is 6.39. The Bertz CT molecular complexity index is 1790. The van der Waals surface area contributed by atoms with Crippen molar-refractivity contribution in [2.24, 2.45) is 41.4 Å². The number of carbonyl (C=O) groups is 5. The van der Waals surface area contributed by atoms with Crippen molar-refractivity contribution in [3.63, 3.8) is 0 Å². The molecule has 1 unspecified atom stereocenters. The maximum atomic E-state index is 14.4. The number of fused-ring (bicyclic) bond motifs is 16. The lowest BCUT2D eigenvalue weighted by Gasteiger charge is -2.50. The van der Waals surface area contributed by atoms with Crippen molar-refractivity contribution in [1.29, 1.82) is 0 Å². The van der Waals surface area contributed by atoms with Gasteiger partial charge in [-0.2, -0.15) is 0 Å². The molecule has 0 aromatic heterocycles. The number of carbonyl (C=O) groups excluding carboxylic acids is 5. The van der Waals surface area contributed by atoms with Crippen molar-refractivity contribution >= 4 is 29.2 Å².